The van der Waals surface area contributed by atoms with Crippen molar-refractivity contribution < 1.29 is 19.4 Å². The molecule has 4 aromatic rings. The number of carbonyl (C=O) groups is 2. The number of anilines is 1. The first-order valence-corrected chi connectivity index (χ1v) is 11.4. The molecule has 2 heterocycles. The van der Waals surface area contributed by atoms with Gasteiger partial charge in [-0.25, -0.2) is 4.98 Å². The highest BCUT2D eigenvalue weighted by Gasteiger charge is 2.48. The van der Waals surface area contributed by atoms with Crippen LogP contribution in [0.2, 0.25) is 0 Å². The number of amides is 1. The Hall–Kier alpha value is -4.39. The first-order chi connectivity index (χ1) is 16.8. The number of fused-ring (bicyclic) bond motifs is 1. The fourth-order valence-corrected chi connectivity index (χ4v) is 4.39. The van der Waals surface area contributed by atoms with E-state index in [1.165, 1.54) is 4.90 Å². The lowest BCUT2D eigenvalue weighted by atomic mass is 9.95. The summed E-state index contributed by atoms with van der Waals surface area (Å²) in [6.45, 7) is 5.75. The number of aliphatic hydroxyl groups excluding tert-OH is 1. The molecule has 0 saturated carbocycles. The highest BCUT2D eigenvalue weighted by molar-refractivity contribution is 6.51. The monoisotopic (exact) mass is 467 g/mol. The number of para-hydroxylation sites is 2. The van der Waals surface area contributed by atoms with Crippen LogP contribution in [0.1, 0.15) is 36.6 Å². The summed E-state index contributed by atoms with van der Waals surface area (Å²) in [5.41, 5.74) is 3.36. The number of imidazole rings is 1. The molecule has 0 bridgehead atoms. The van der Waals surface area contributed by atoms with Gasteiger partial charge >= 0.3 is 5.91 Å². The number of H-pyrrole nitrogens is 1. The van der Waals surface area contributed by atoms with Crippen LogP contribution in [0.3, 0.4) is 0 Å². The third-order valence-corrected chi connectivity index (χ3v) is 5.98. The van der Waals surface area contributed by atoms with Crippen molar-refractivity contribution >= 4 is 34.4 Å². The van der Waals surface area contributed by atoms with Crippen molar-refractivity contribution in [2.24, 2.45) is 0 Å². The standard InChI is InChI=1S/C28H25N3O4/c1-16(2)35-22-14-13-19(15-17(22)3)25(32)23-24(18-9-5-4-6-10-18)31(27(34)26(23)33)28-29-20-11-7-8-12-21(20)30-28/h4-16,24,32H,1-3H3,(H,29,30)/b25-23+. The van der Waals surface area contributed by atoms with Crippen molar-refractivity contribution in [3.8, 4) is 5.75 Å². The van der Waals surface area contributed by atoms with Crippen LogP contribution in [-0.4, -0.2) is 32.9 Å². The molecular formula is C28H25N3O4. The van der Waals surface area contributed by atoms with E-state index in [0.29, 0.717) is 22.4 Å². The van der Waals surface area contributed by atoms with Crippen molar-refractivity contribution in [1.82, 2.24) is 9.97 Å². The Kier molecular flexibility index (Phi) is 5.61. The summed E-state index contributed by atoms with van der Waals surface area (Å²) in [5, 5.41) is 11.4. The second-order valence-electron chi connectivity index (χ2n) is 8.80. The van der Waals surface area contributed by atoms with Crippen LogP contribution in [0, 0.1) is 6.92 Å². The van der Waals surface area contributed by atoms with Gasteiger partial charge in [-0.3, -0.25) is 14.5 Å². The van der Waals surface area contributed by atoms with Crippen LogP contribution < -0.4 is 9.64 Å². The van der Waals surface area contributed by atoms with Gasteiger partial charge in [0, 0.05) is 5.56 Å². The van der Waals surface area contributed by atoms with Crippen molar-refractivity contribution in [3.63, 3.8) is 0 Å². The Morgan fingerprint density at radius 3 is 2.43 bits per heavy atom. The van der Waals surface area contributed by atoms with E-state index in [9.17, 15) is 14.7 Å². The lowest BCUT2D eigenvalue weighted by Gasteiger charge is -2.23. The van der Waals surface area contributed by atoms with Crippen LogP contribution in [0.15, 0.2) is 78.4 Å². The third kappa shape index (κ3) is 3.95. The molecular weight excluding hydrogens is 442 g/mol. The van der Waals surface area contributed by atoms with Gasteiger partial charge in [0.05, 0.1) is 28.8 Å². The highest BCUT2D eigenvalue weighted by Crippen LogP contribution is 2.42. The third-order valence-electron chi connectivity index (χ3n) is 5.98. The zero-order valence-electron chi connectivity index (χ0n) is 19.6. The topological polar surface area (TPSA) is 95.5 Å². The fraction of sp³-hybridized carbons (Fsp3) is 0.179. The number of Topliss-reactive ketones (excluding diaryl/α,β-unsaturated/α-hetero) is 1. The number of carbonyl (C=O) groups excluding carboxylic acids is 2. The predicted octanol–water partition coefficient (Wildman–Crippen LogP) is 5.28. The molecule has 0 spiro atoms. The second-order valence-corrected chi connectivity index (χ2v) is 8.80. The molecule has 7 nitrogen and oxygen atoms in total. The van der Waals surface area contributed by atoms with Gasteiger partial charge in [0.25, 0.3) is 5.78 Å². The molecule has 35 heavy (non-hydrogen) atoms. The Labute approximate surface area is 202 Å². The number of ether oxygens (including phenoxy) is 1. The van der Waals surface area contributed by atoms with Gasteiger partial charge in [-0.05, 0) is 62.2 Å². The quantitative estimate of drug-likeness (QED) is 0.236. The molecule has 1 unspecified atom stereocenters. The van der Waals surface area contributed by atoms with Crippen molar-refractivity contribution in [1.29, 1.82) is 0 Å². The summed E-state index contributed by atoms with van der Waals surface area (Å²) < 4.78 is 5.80. The zero-order valence-corrected chi connectivity index (χ0v) is 19.6. The SMILES string of the molecule is Cc1cc(/C(O)=C2\C(=O)C(=O)N(c3nc4ccccc4[nH]3)C2c2ccccc2)ccc1OC(C)C. The maximum atomic E-state index is 13.3. The summed E-state index contributed by atoms with van der Waals surface area (Å²) in [5.74, 6) is -0.820. The van der Waals surface area contributed by atoms with E-state index >= 15 is 0 Å². The van der Waals surface area contributed by atoms with E-state index in [2.05, 4.69) is 9.97 Å². The summed E-state index contributed by atoms with van der Waals surface area (Å²) in [7, 11) is 0. The Morgan fingerprint density at radius 1 is 1.03 bits per heavy atom. The van der Waals surface area contributed by atoms with Crippen LogP contribution in [0.4, 0.5) is 5.95 Å². The first kappa shape index (κ1) is 22.4. The number of aryl methyl sites for hydroxylation is 1. The summed E-state index contributed by atoms with van der Waals surface area (Å²) >= 11 is 0. The number of hydrogen-bond donors (Lipinski definition) is 2. The van der Waals surface area contributed by atoms with Crippen LogP contribution in [0.5, 0.6) is 5.75 Å². The number of aromatic nitrogens is 2. The van der Waals surface area contributed by atoms with Gasteiger partial charge in [-0.15, -0.1) is 0 Å². The summed E-state index contributed by atoms with van der Waals surface area (Å²) in [6.07, 6.45) is 0.000335. The first-order valence-electron chi connectivity index (χ1n) is 11.4. The van der Waals surface area contributed by atoms with E-state index in [1.54, 1.807) is 18.2 Å². The molecule has 3 aromatic carbocycles. The van der Waals surface area contributed by atoms with Gasteiger partial charge < -0.3 is 14.8 Å². The minimum absolute atomic E-state index is 0.000335. The molecule has 1 saturated heterocycles. The normalized spacial score (nSPS) is 17.5. The number of rotatable bonds is 5. The molecule has 0 aliphatic carbocycles. The molecule has 2 N–H and O–H groups in total. The number of ketones is 1. The average molecular weight is 468 g/mol. The van der Waals surface area contributed by atoms with Crippen molar-refractivity contribution in [2.45, 2.75) is 32.9 Å². The van der Waals surface area contributed by atoms with Crippen LogP contribution in [-0.2, 0) is 9.59 Å². The van der Waals surface area contributed by atoms with E-state index in [-0.39, 0.29) is 23.4 Å². The van der Waals surface area contributed by atoms with Crippen LogP contribution in [0.25, 0.3) is 16.8 Å². The van der Waals surface area contributed by atoms with Crippen molar-refractivity contribution in [3.05, 3.63) is 95.1 Å². The second kappa shape index (κ2) is 8.76. The lowest BCUT2D eigenvalue weighted by Crippen LogP contribution is -2.30. The average Bonchev–Trinajstić information content (AvgIpc) is 3.38. The Bertz CT molecular complexity index is 1440. The van der Waals surface area contributed by atoms with E-state index < -0.39 is 17.7 Å². The maximum absolute atomic E-state index is 13.3. The molecule has 1 fully saturated rings. The number of hydrogen-bond acceptors (Lipinski definition) is 5. The molecule has 1 atom stereocenters. The lowest BCUT2D eigenvalue weighted by molar-refractivity contribution is -0.132. The molecule has 5 rings (SSSR count). The van der Waals surface area contributed by atoms with Gasteiger partial charge in [0.1, 0.15) is 11.5 Å². The molecule has 1 amide bonds. The summed E-state index contributed by atoms with van der Waals surface area (Å²) in [4.78, 5) is 35.7. The molecule has 7 heteroatoms. The smallest absolute Gasteiger partial charge is 0.302 e. The Balaban J connectivity index is 1.67. The van der Waals surface area contributed by atoms with Gasteiger partial charge in [0.2, 0.25) is 5.95 Å². The summed E-state index contributed by atoms with van der Waals surface area (Å²) in [6, 6.07) is 20.9. The molecule has 0 radical (unpaired) electrons. The number of nitrogens with zero attached hydrogens (tertiary/aromatic N) is 2. The number of nitrogens with one attached hydrogen (secondary N) is 1. The molecule has 1 aliphatic heterocycles. The number of aliphatic hydroxyl groups is 1. The van der Waals surface area contributed by atoms with E-state index in [0.717, 1.165) is 11.1 Å². The van der Waals surface area contributed by atoms with Crippen LogP contribution >= 0.6 is 0 Å². The molecule has 1 aromatic heterocycles. The van der Waals surface area contributed by atoms with Gasteiger partial charge in [0.15, 0.2) is 0 Å². The Morgan fingerprint density at radius 2 is 1.74 bits per heavy atom. The van der Waals surface area contributed by atoms with Gasteiger partial charge in [-0.2, -0.15) is 0 Å². The number of aromatic amines is 1. The minimum Gasteiger partial charge on any atom is -0.507 e. The van der Waals surface area contributed by atoms with E-state index in [1.807, 2.05) is 75.4 Å². The predicted molar refractivity (Wildman–Crippen MR) is 134 cm³/mol. The maximum Gasteiger partial charge on any atom is 0.302 e. The zero-order chi connectivity index (χ0) is 24.7. The molecule has 1 aliphatic rings. The minimum atomic E-state index is -0.844. The molecule has 176 valence electrons. The number of benzene rings is 3. The van der Waals surface area contributed by atoms with E-state index in [4.69, 9.17) is 4.74 Å². The highest BCUT2D eigenvalue weighted by atomic mass is 16.5. The van der Waals surface area contributed by atoms with Gasteiger partial charge in [-0.1, -0.05) is 42.5 Å². The largest absolute Gasteiger partial charge is 0.507 e. The fourth-order valence-electron chi connectivity index (χ4n) is 4.39. The van der Waals surface area contributed by atoms with Crippen molar-refractivity contribution in [2.75, 3.05) is 4.90 Å².